The fourth-order valence-electron chi connectivity index (χ4n) is 3.48. The zero-order valence-corrected chi connectivity index (χ0v) is 12.1. The summed E-state index contributed by atoms with van der Waals surface area (Å²) in [6.45, 7) is 1.97. The van der Waals surface area contributed by atoms with Crippen molar-refractivity contribution in [3.63, 3.8) is 0 Å². The molecule has 1 aromatic rings. The number of hydrogen-bond donors (Lipinski definition) is 1. The highest BCUT2D eigenvalue weighted by molar-refractivity contribution is 6.31. The van der Waals surface area contributed by atoms with Crippen LogP contribution >= 0.6 is 11.6 Å². The van der Waals surface area contributed by atoms with Crippen LogP contribution in [0.3, 0.4) is 0 Å². The van der Waals surface area contributed by atoms with Gasteiger partial charge in [0.05, 0.1) is 0 Å². The minimum atomic E-state index is 0.425. The summed E-state index contributed by atoms with van der Waals surface area (Å²) in [6, 6.07) is 9.52. The third-order valence-electron chi connectivity index (χ3n) is 4.59. The Balaban J connectivity index is 1.96. The van der Waals surface area contributed by atoms with Crippen LogP contribution < -0.4 is 5.73 Å². The van der Waals surface area contributed by atoms with Gasteiger partial charge < -0.3 is 5.73 Å². The number of nitrogens with zero attached hydrogens (tertiary/aromatic N) is 1. The predicted octanol–water partition coefficient (Wildman–Crippen LogP) is 3.60. The van der Waals surface area contributed by atoms with E-state index < -0.39 is 0 Å². The van der Waals surface area contributed by atoms with E-state index in [4.69, 9.17) is 17.3 Å². The Morgan fingerprint density at radius 1 is 1.16 bits per heavy atom. The molecule has 1 aromatic carbocycles. The van der Waals surface area contributed by atoms with Crippen molar-refractivity contribution in [1.29, 1.82) is 0 Å². The van der Waals surface area contributed by atoms with Gasteiger partial charge in [0.25, 0.3) is 0 Å². The maximum atomic E-state index is 6.46. The molecule has 0 aromatic heterocycles. The van der Waals surface area contributed by atoms with Crippen LogP contribution in [-0.2, 0) is 0 Å². The Kier molecular flexibility index (Phi) is 4.11. The number of nitrogens with two attached hydrogens (primary N) is 1. The van der Waals surface area contributed by atoms with E-state index >= 15 is 0 Å². The van der Waals surface area contributed by atoms with E-state index in [9.17, 15) is 0 Å². The normalized spacial score (nSPS) is 29.2. The fourth-order valence-corrected chi connectivity index (χ4v) is 3.73. The van der Waals surface area contributed by atoms with Gasteiger partial charge in [-0.05, 0) is 56.3 Å². The second-order valence-corrected chi connectivity index (χ2v) is 6.33. The van der Waals surface area contributed by atoms with E-state index in [0.29, 0.717) is 12.0 Å². The van der Waals surface area contributed by atoms with E-state index in [-0.39, 0.29) is 0 Å². The van der Waals surface area contributed by atoms with Crippen LogP contribution in [0.5, 0.6) is 0 Å². The van der Waals surface area contributed by atoms with Crippen molar-refractivity contribution in [1.82, 2.24) is 4.90 Å². The van der Waals surface area contributed by atoms with Crippen LogP contribution in [0.4, 0.5) is 0 Å². The van der Waals surface area contributed by atoms with Crippen molar-refractivity contribution in [2.24, 2.45) is 11.7 Å². The molecule has 1 saturated carbocycles. The Morgan fingerprint density at radius 3 is 2.63 bits per heavy atom. The lowest BCUT2D eigenvalue weighted by Crippen LogP contribution is -2.37. The molecule has 0 amide bonds. The first-order chi connectivity index (χ1) is 9.31. The third kappa shape index (κ3) is 2.81. The van der Waals surface area contributed by atoms with Crippen molar-refractivity contribution in [3.05, 3.63) is 34.9 Å². The average Bonchev–Trinajstić information content (AvgIpc) is 3.25. The number of benzene rings is 1. The standard InChI is InChI=1S/C16H23ClN2/c17-15-7-2-1-6-14(15)16-12(11-18)5-3-4-10-19(16)13-8-9-13/h1-2,6-7,12-13,16H,3-5,8-11,18H2. The van der Waals surface area contributed by atoms with Crippen LogP contribution in [0.2, 0.25) is 5.02 Å². The zero-order valence-electron chi connectivity index (χ0n) is 11.4. The summed E-state index contributed by atoms with van der Waals surface area (Å²) in [7, 11) is 0. The lowest BCUT2D eigenvalue weighted by Gasteiger charge is -2.35. The molecule has 1 saturated heterocycles. The van der Waals surface area contributed by atoms with Crippen LogP contribution in [0.1, 0.15) is 43.7 Å². The molecule has 2 nitrogen and oxygen atoms in total. The average molecular weight is 279 g/mol. The van der Waals surface area contributed by atoms with Crippen LogP contribution in [0.25, 0.3) is 0 Å². The molecular weight excluding hydrogens is 256 g/mol. The monoisotopic (exact) mass is 278 g/mol. The molecule has 1 heterocycles. The molecule has 0 bridgehead atoms. The van der Waals surface area contributed by atoms with E-state index in [1.165, 1.54) is 44.2 Å². The topological polar surface area (TPSA) is 29.3 Å². The van der Waals surface area contributed by atoms with E-state index in [2.05, 4.69) is 17.0 Å². The number of halogens is 1. The molecule has 19 heavy (non-hydrogen) atoms. The molecule has 2 unspecified atom stereocenters. The molecule has 1 aliphatic carbocycles. The van der Waals surface area contributed by atoms with Gasteiger partial charge in [0.1, 0.15) is 0 Å². The Morgan fingerprint density at radius 2 is 1.95 bits per heavy atom. The van der Waals surface area contributed by atoms with E-state index in [0.717, 1.165) is 17.6 Å². The molecule has 3 heteroatoms. The Hall–Kier alpha value is -0.570. The molecule has 104 valence electrons. The van der Waals surface area contributed by atoms with Crippen molar-refractivity contribution < 1.29 is 0 Å². The number of rotatable bonds is 3. The first kappa shape index (κ1) is 13.4. The first-order valence-electron chi connectivity index (χ1n) is 7.51. The van der Waals surface area contributed by atoms with Crippen LogP contribution in [0.15, 0.2) is 24.3 Å². The van der Waals surface area contributed by atoms with Gasteiger partial charge in [-0.2, -0.15) is 0 Å². The summed E-state index contributed by atoms with van der Waals surface area (Å²) in [6.07, 6.45) is 6.52. The molecular formula is C16H23ClN2. The van der Waals surface area contributed by atoms with Crippen LogP contribution in [-0.4, -0.2) is 24.0 Å². The molecule has 2 aliphatic rings. The Bertz CT molecular complexity index is 431. The summed E-state index contributed by atoms with van der Waals surface area (Å²) in [5, 5.41) is 0.901. The fraction of sp³-hybridized carbons (Fsp3) is 0.625. The molecule has 0 spiro atoms. The Labute approximate surface area is 120 Å². The largest absolute Gasteiger partial charge is 0.330 e. The third-order valence-corrected chi connectivity index (χ3v) is 4.93. The smallest absolute Gasteiger partial charge is 0.0453 e. The van der Waals surface area contributed by atoms with E-state index in [1.54, 1.807) is 0 Å². The van der Waals surface area contributed by atoms with Gasteiger partial charge in [-0.3, -0.25) is 4.90 Å². The maximum absolute atomic E-state index is 6.46. The molecule has 0 radical (unpaired) electrons. The lowest BCUT2D eigenvalue weighted by molar-refractivity contribution is 0.149. The lowest BCUT2D eigenvalue weighted by atomic mass is 9.89. The van der Waals surface area contributed by atoms with Gasteiger partial charge in [0.15, 0.2) is 0 Å². The summed E-state index contributed by atoms with van der Waals surface area (Å²) < 4.78 is 0. The van der Waals surface area contributed by atoms with Gasteiger partial charge in [-0.1, -0.05) is 36.2 Å². The minimum absolute atomic E-state index is 0.425. The highest BCUT2D eigenvalue weighted by atomic mass is 35.5. The summed E-state index contributed by atoms with van der Waals surface area (Å²) in [5.41, 5.74) is 7.35. The van der Waals surface area contributed by atoms with Gasteiger partial charge in [0.2, 0.25) is 0 Å². The van der Waals surface area contributed by atoms with Gasteiger partial charge in [0, 0.05) is 17.1 Å². The number of likely N-dealkylation sites (tertiary alicyclic amines) is 1. The SMILES string of the molecule is NCC1CCCCN(C2CC2)C1c1ccccc1Cl. The van der Waals surface area contributed by atoms with Gasteiger partial charge >= 0.3 is 0 Å². The van der Waals surface area contributed by atoms with E-state index in [1.807, 2.05) is 12.1 Å². The van der Waals surface area contributed by atoms with Crippen molar-refractivity contribution in [2.75, 3.05) is 13.1 Å². The molecule has 1 aliphatic heterocycles. The van der Waals surface area contributed by atoms with Gasteiger partial charge in [-0.15, -0.1) is 0 Å². The highest BCUT2D eigenvalue weighted by Gasteiger charge is 2.39. The van der Waals surface area contributed by atoms with Crippen LogP contribution in [0, 0.1) is 5.92 Å². The highest BCUT2D eigenvalue weighted by Crippen LogP contribution is 2.43. The molecule has 3 rings (SSSR count). The molecule has 2 fully saturated rings. The quantitative estimate of drug-likeness (QED) is 0.915. The summed E-state index contributed by atoms with van der Waals surface area (Å²) in [4.78, 5) is 2.69. The molecule has 2 N–H and O–H groups in total. The van der Waals surface area contributed by atoms with Crippen molar-refractivity contribution >= 4 is 11.6 Å². The first-order valence-corrected chi connectivity index (χ1v) is 7.89. The van der Waals surface area contributed by atoms with Crippen molar-refractivity contribution in [2.45, 2.75) is 44.2 Å². The predicted molar refractivity (Wildman–Crippen MR) is 80.3 cm³/mol. The minimum Gasteiger partial charge on any atom is -0.330 e. The summed E-state index contributed by atoms with van der Waals surface area (Å²) in [5.74, 6) is 0.544. The zero-order chi connectivity index (χ0) is 13.2. The van der Waals surface area contributed by atoms with Crippen molar-refractivity contribution in [3.8, 4) is 0 Å². The molecule has 2 atom stereocenters. The van der Waals surface area contributed by atoms with Gasteiger partial charge in [-0.25, -0.2) is 0 Å². The maximum Gasteiger partial charge on any atom is 0.0453 e. The number of hydrogen-bond acceptors (Lipinski definition) is 2. The summed E-state index contributed by atoms with van der Waals surface area (Å²) >= 11 is 6.46. The second-order valence-electron chi connectivity index (χ2n) is 5.93. The second kappa shape index (κ2) is 5.82.